The van der Waals surface area contributed by atoms with Gasteiger partial charge in [-0.1, -0.05) is 13.2 Å². The smallest absolute Gasteiger partial charge is 0.330 e. The first-order chi connectivity index (χ1) is 11.3. The molecule has 0 aromatic heterocycles. The number of carbonyl (C=O) groups excluding carboxylic acids is 2. The molecule has 0 radical (unpaired) electrons. The quantitative estimate of drug-likeness (QED) is 0.322. The number of rotatable bonds is 10. The molecule has 0 rings (SSSR count). The molecular weight excluding hydrogens is 356 g/mol. The SMILES string of the molecule is C=CC(=O)OC(C)C(CC(=O)O)(C(C)OC(=O)C=C)C(C)S(=O)(=O)O. The van der Waals surface area contributed by atoms with E-state index in [4.69, 9.17) is 9.47 Å². The Hall–Kier alpha value is -2.20. The topological polar surface area (TPSA) is 144 Å². The second-order valence-electron chi connectivity index (χ2n) is 5.41. The predicted octanol–water partition coefficient (Wildman–Crippen LogP) is 0.959. The highest BCUT2D eigenvalue weighted by atomic mass is 32.2. The van der Waals surface area contributed by atoms with Gasteiger partial charge in [0.1, 0.15) is 12.2 Å². The molecule has 10 heteroatoms. The lowest BCUT2D eigenvalue weighted by atomic mass is 9.72. The normalized spacial score (nSPS) is 17.3. The lowest BCUT2D eigenvalue weighted by molar-refractivity contribution is -0.172. The Morgan fingerprint density at radius 1 is 1.04 bits per heavy atom. The Morgan fingerprint density at radius 2 is 1.40 bits per heavy atom. The van der Waals surface area contributed by atoms with Gasteiger partial charge in [0.25, 0.3) is 10.1 Å². The highest BCUT2D eigenvalue weighted by Crippen LogP contribution is 2.41. The fourth-order valence-electron chi connectivity index (χ4n) is 2.63. The van der Waals surface area contributed by atoms with Gasteiger partial charge in [-0.2, -0.15) is 8.42 Å². The van der Waals surface area contributed by atoms with Crippen LogP contribution < -0.4 is 0 Å². The second-order valence-corrected chi connectivity index (χ2v) is 7.14. The van der Waals surface area contributed by atoms with E-state index < -0.39 is 57.3 Å². The summed E-state index contributed by atoms with van der Waals surface area (Å²) in [5.74, 6) is -3.32. The third-order valence-electron chi connectivity index (χ3n) is 4.09. The number of carbonyl (C=O) groups is 3. The Balaban J connectivity index is 6.35. The van der Waals surface area contributed by atoms with Crippen molar-refractivity contribution < 1.29 is 41.9 Å². The van der Waals surface area contributed by atoms with Crippen molar-refractivity contribution in [3.05, 3.63) is 25.3 Å². The lowest BCUT2D eigenvalue weighted by Crippen LogP contribution is -2.56. The van der Waals surface area contributed by atoms with Crippen molar-refractivity contribution in [1.29, 1.82) is 0 Å². The summed E-state index contributed by atoms with van der Waals surface area (Å²) in [6, 6.07) is 0. The standard InChI is InChI=1S/C15H22O9S/c1-6-13(18)23-9(3)15(8-12(16)17,11(5)25(20,21)22)10(4)24-14(19)7-2/h6-7,9-11H,1-2,8H2,3-5H3,(H,16,17)(H,20,21,22). The molecule has 2 N–H and O–H groups in total. The third kappa shape index (κ3) is 5.68. The Bertz CT molecular complexity index is 622. The van der Waals surface area contributed by atoms with Gasteiger partial charge in [0.15, 0.2) is 0 Å². The molecule has 3 atom stereocenters. The van der Waals surface area contributed by atoms with E-state index in [1.165, 1.54) is 13.8 Å². The van der Waals surface area contributed by atoms with Crippen molar-refractivity contribution in [2.45, 2.75) is 44.6 Å². The van der Waals surface area contributed by atoms with E-state index in [9.17, 15) is 32.5 Å². The first-order valence-corrected chi connectivity index (χ1v) is 8.67. The van der Waals surface area contributed by atoms with Gasteiger partial charge in [0, 0.05) is 12.2 Å². The Kier molecular flexibility index (Phi) is 8.00. The maximum atomic E-state index is 11.7. The minimum atomic E-state index is -4.78. The average molecular weight is 378 g/mol. The van der Waals surface area contributed by atoms with E-state index in [0.717, 1.165) is 19.1 Å². The summed E-state index contributed by atoms with van der Waals surface area (Å²) < 4.78 is 42.9. The molecule has 0 saturated heterocycles. The fourth-order valence-corrected chi connectivity index (χ4v) is 3.65. The van der Waals surface area contributed by atoms with Gasteiger partial charge in [-0.3, -0.25) is 9.35 Å². The third-order valence-corrected chi connectivity index (χ3v) is 5.43. The minimum absolute atomic E-state index is 0.806. The molecule has 3 unspecified atom stereocenters. The molecule has 142 valence electrons. The van der Waals surface area contributed by atoms with Crippen LogP contribution >= 0.6 is 0 Å². The number of carboxylic acids is 1. The molecule has 0 spiro atoms. The summed E-state index contributed by atoms with van der Waals surface area (Å²) in [4.78, 5) is 34.4. The molecule has 0 heterocycles. The van der Waals surface area contributed by atoms with Gasteiger partial charge >= 0.3 is 17.9 Å². The number of carboxylic acid groups (broad SMARTS) is 1. The summed E-state index contributed by atoms with van der Waals surface area (Å²) in [6.07, 6.45) is -1.98. The van der Waals surface area contributed by atoms with E-state index in [0.29, 0.717) is 0 Å². The van der Waals surface area contributed by atoms with Crippen molar-refractivity contribution in [2.75, 3.05) is 0 Å². The minimum Gasteiger partial charge on any atom is -0.481 e. The lowest BCUT2D eigenvalue weighted by Gasteiger charge is -2.43. The largest absolute Gasteiger partial charge is 0.481 e. The van der Waals surface area contributed by atoms with E-state index in [1.54, 1.807) is 0 Å². The molecule has 0 bridgehead atoms. The number of aliphatic carboxylic acids is 1. The van der Waals surface area contributed by atoms with Crippen LogP contribution in [0.15, 0.2) is 25.3 Å². The van der Waals surface area contributed by atoms with Gasteiger partial charge in [0.05, 0.1) is 17.1 Å². The summed E-state index contributed by atoms with van der Waals surface area (Å²) in [5, 5.41) is 7.51. The zero-order valence-corrected chi connectivity index (χ0v) is 15.0. The molecule has 0 aliphatic heterocycles. The molecule has 0 fully saturated rings. The second kappa shape index (κ2) is 8.77. The average Bonchev–Trinajstić information content (AvgIpc) is 2.49. The van der Waals surface area contributed by atoms with Crippen LogP contribution in [0.25, 0.3) is 0 Å². The van der Waals surface area contributed by atoms with Crippen molar-refractivity contribution in [1.82, 2.24) is 0 Å². The molecule has 25 heavy (non-hydrogen) atoms. The van der Waals surface area contributed by atoms with Crippen LogP contribution in [0.2, 0.25) is 0 Å². The van der Waals surface area contributed by atoms with Crippen molar-refractivity contribution >= 4 is 28.0 Å². The molecule has 0 aliphatic carbocycles. The van der Waals surface area contributed by atoms with Gasteiger partial charge < -0.3 is 14.6 Å². The zero-order valence-electron chi connectivity index (χ0n) is 14.2. The van der Waals surface area contributed by atoms with Gasteiger partial charge in [-0.05, 0) is 20.8 Å². The van der Waals surface area contributed by atoms with E-state index in [2.05, 4.69) is 13.2 Å². The van der Waals surface area contributed by atoms with Crippen LogP contribution in [0.4, 0.5) is 0 Å². The van der Waals surface area contributed by atoms with Crippen LogP contribution in [0.5, 0.6) is 0 Å². The first-order valence-electron chi connectivity index (χ1n) is 7.17. The summed E-state index contributed by atoms with van der Waals surface area (Å²) in [7, 11) is -4.78. The maximum Gasteiger partial charge on any atom is 0.330 e. The molecule has 0 aromatic rings. The predicted molar refractivity (Wildman–Crippen MR) is 87.2 cm³/mol. The monoisotopic (exact) mass is 378 g/mol. The van der Waals surface area contributed by atoms with Crippen LogP contribution in [0.3, 0.4) is 0 Å². The van der Waals surface area contributed by atoms with Crippen molar-refractivity contribution in [2.24, 2.45) is 5.41 Å². The van der Waals surface area contributed by atoms with E-state index >= 15 is 0 Å². The van der Waals surface area contributed by atoms with Crippen molar-refractivity contribution in [3.8, 4) is 0 Å². The first kappa shape index (κ1) is 22.8. The molecular formula is C15H22O9S. The maximum absolute atomic E-state index is 11.7. The van der Waals surface area contributed by atoms with Crippen LogP contribution in [0, 0.1) is 5.41 Å². The summed E-state index contributed by atoms with van der Waals surface area (Å²) in [6.45, 7) is 9.92. The number of ether oxygens (including phenoxy) is 2. The molecule has 0 aromatic carbocycles. The van der Waals surface area contributed by atoms with E-state index in [1.807, 2.05) is 0 Å². The highest BCUT2D eigenvalue weighted by molar-refractivity contribution is 7.86. The zero-order chi connectivity index (χ0) is 20.0. The van der Waals surface area contributed by atoms with E-state index in [-0.39, 0.29) is 0 Å². The number of esters is 2. The van der Waals surface area contributed by atoms with Crippen molar-refractivity contribution in [3.63, 3.8) is 0 Å². The Morgan fingerprint density at radius 3 is 1.64 bits per heavy atom. The van der Waals surface area contributed by atoms with Gasteiger partial charge in [-0.25, -0.2) is 9.59 Å². The molecule has 0 saturated carbocycles. The van der Waals surface area contributed by atoms with Gasteiger partial charge in [0.2, 0.25) is 0 Å². The molecule has 9 nitrogen and oxygen atoms in total. The number of hydrogen-bond acceptors (Lipinski definition) is 7. The van der Waals surface area contributed by atoms with Crippen LogP contribution in [-0.4, -0.2) is 53.4 Å². The van der Waals surface area contributed by atoms with Crippen LogP contribution in [-0.2, 0) is 34.0 Å². The summed E-state index contributed by atoms with van der Waals surface area (Å²) >= 11 is 0. The molecule has 0 amide bonds. The van der Waals surface area contributed by atoms with Gasteiger partial charge in [-0.15, -0.1) is 0 Å². The fraction of sp³-hybridized carbons (Fsp3) is 0.533. The summed E-state index contributed by atoms with van der Waals surface area (Å²) in [5.41, 5.74) is -1.98. The van der Waals surface area contributed by atoms with Crippen LogP contribution in [0.1, 0.15) is 27.2 Å². The molecule has 0 aliphatic rings. The number of hydrogen-bond donors (Lipinski definition) is 2. The highest BCUT2D eigenvalue weighted by Gasteiger charge is 2.55. The Labute approximate surface area is 146 Å².